The van der Waals surface area contributed by atoms with Gasteiger partial charge in [-0.3, -0.25) is 4.79 Å². The molecule has 4 nitrogen and oxygen atoms in total. The fraction of sp³-hybridized carbons (Fsp3) is 0.200. The predicted octanol–water partition coefficient (Wildman–Crippen LogP) is 1.57. The number of nitrogens with zero attached hydrogens (tertiary/aromatic N) is 1. The van der Waals surface area contributed by atoms with E-state index in [4.69, 9.17) is 21.6 Å². The maximum atomic E-state index is 11.6. The Morgan fingerprint density at radius 1 is 1.60 bits per heavy atom. The summed E-state index contributed by atoms with van der Waals surface area (Å²) < 4.78 is 4.70. The molecule has 0 aromatic heterocycles. The second-order valence-electron chi connectivity index (χ2n) is 2.70. The summed E-state index contributed by atoms with van der Waals surface area (Å²) in [5.41, 5.74) is 0.316. The Kier molecular flexibility index (Phi) is 4.10. The van der Waals surface area contributed by atoms with Crippen molar-refractivity contribution in [2.45, 2.75) is 6.23 Å². The lowest BCUT2D eigenvalue weighted by atomic mass is 10.2. The average Bonchev–Trinajstić information content (AvgIpc) is 2.26. The van der Waals surface area contributed by atoms with Gasteiger partial charge in [0, 0.05) is 7.11 Å². The molecule has 0 aliphatic heterocycles. The van der Waals surface area contributed by atoms with Gasteiger partial charge in [-0.1, -0.05) is 23.7 Å². The number of nitrogens with one attached hydrogen (secondary N) is 1. The number of rotatable bonds is 3. The molecule has 0 saturated carbocycles. The molecule has 1 N–H and O–H groups in total. The third-order valence-corrected chi connectivity index (χ3v) is 2.06. The summed E-state index contributed by atoms with van der Waals surface area (Å²) in [6.07, 6.45) is -0.964. The predicted molar refractivity (Wildman–Crippen MR) is 55.3 cm³/mol. The molecule has 5 heteroatoms. The minimum atomic E-state index is -0.964. The number of nitriles is 1. The SMILES string of the molecule is COC(C#N)NC(=O)c1ccccc1Cl. The number of hydrogen-bond donors (Lipinski definition) is 1. The van der Waals surface area contributed by atoms with E-state index in [2.05, 4.69) is 5.32 Å². The Morgan fingerprint density at radius 3 is 2.80 bits per heavy atom. The highest BCUT2D eigenvalue weighted by Crippen LogP contribution is 2.14. The van der Waals surface area contributed by atoms with Gasteiger partial charge in [-0.15, -0.1) is 0 Å². The van der Waals surface area contributed by atoms with Crippen LogP contribution in [0.2, 0.25) is 5.02 Å². The lowest BCUT2D eigenvalue weighted by molar-refractivity contribution is 0.0764. The zero-order valence-electron chi connectivity index (χ0n) is 8.03. The highest BCUT2D eigenvalue weighted by Gasteiger charge is 2.13. The monoisotopic (exact) mass is 224 g/mol. The van der Waals surface area contributed by atoms with Crippen molar-refractivity contribution in [2.24, 2.45) is 0 Å². The van der Waals surface area contributed by atoms with E-state index in [1.165, 1.54) is 7.11 Å². The van der Waals surface area contributed by atoms with E-state index < -0.39 is 12.1 Å². The Labute approximate surface area is 92.4 Å². The van der Waals surface area contributed by atoms with E-state index in [1.54, 1.807) is 30.3 Å². The van der Waals surface area contributed by atoms with Crippen molar-refractivity contribution in [3.05, 3.63) is 34.9 Å². The molecule has 0 saturated heterocycles. The fourth-order valence-corrected chi connectivity index (χ4v) is 1.21. The van der Waals surface area contributed by atoms with Crippen LogP contribution in [0.4, 0.5) is 0 Å². The molecule has 0 radical (unpaired) electrons. The van der Waals surface area contributed by atoms with E-state index in [9.17, 15) is 4.79 Å². The van der Waals surface area contributed by atoms with Crippen molar-refractivity contribution in [2.75, 3.05) is 7.11 Å². The van der Waals surface area contributed by atoms with Crippen LogP contribution < -0.4 is 5.32 Å². The zero-order valence-corrected chi connectivity index (χ0v) is 8.78. The van der Waals surface area contributed by atoms with Gasteiger partial charge in [0.15, 0.2) is 0 Å². The Bertz CT molecular complexity index is 401. The second kappa shape index (κ2) is 5.35. The van der Waals surface area contributed by atoms with Gasteiger partial charge in [0.05, 0.1) is 10.6 Å². The molecule has 78 valence electrons. The van der Waals surface area contributed by atoms with Crippen molar-refractivity contribution in [1.29, 1.82) is 5.26 Å². The summed E-state index contributed by atoms with van der Waals surface area (Å²) in [5.74, 6) is -0.436. The first kappa shape index (κ1) is 11.5. The third-order valence-electron chi connectivity index (χ3n) is 1.73. The van der Waals surface area contributed by atoms with Gasteiger partial charge < -0.3 is 10.1 Å². The fourth-order valence-electron chi connectivity index (χ4n) is 0.986. The maximum Gasteiger partial charge on any atom is 0.255 e. The largest absolute Gasteiger partial charge is 0.349 e. The first-order valence-electron chi connectivity index (χ1n) is 4.17. The number of carbonyl (C=O) groups excluding carboxylic acids is 1. The van der Waals surface area contributed by atoms with Gasteiger partial charge in [0.25, 0.3) is 5.91 Å². The van der Waals surface area contributed by atoms with Crippen LogP contribution in [0, 0.1) is 11.3 Å². The van der Waals surface area contributed by atoms with Crippen LogP contribution >= 0.6 is 11.6 Å². The molecule has 1 amide bonds. The number of ether oxygens (including phenoxy) is 1. The third kappa shape index (κ3) is 2.94. The Balaban J connectivity index is 2.79. The van der Waals surface area contributed by atoms with Crippen LogP contribution in [-0.4, -0.2) is 19.2 Å². The Morgan fingerprint density at radius 2 is 2.27 bits per heavy atom. The van der Waals surface area contributed by atoms with E-state index >= 15 is 0 Å². The van der Waals surface area contributed by atoms with E-state index in [-0.39, 0.29) is 0 Å². The molecule has 0 aliphatic carbocycles. The lowest BCUT2D eigenvalue weighted by Crippen LogP contribution is -2.35. The van der Waals surface area contributed by atoms with Gasteiger partial charge in [0.1, 0.15) is 6.07 Å². The molecule has 1 atom stereocenters. The zero-order chi connectivity index (χ0) is 11.3. The standard InChI is InChI=1S/C10H9ClN2O2/c1-15-9(6-12)13-10(14)7-4-2-3-5-8(7)11/h2-5,9H,1H3,(H,13,14). The molecule has 15 heavy (non-hydrogen) atoms. The molecule has 1 aromatic carbocycles. The van der Waals surface area contributed by atoms with Gasteiger partial charge >= 0.3 is 0 Å². The smallest absolute Gasteiger partial charge is 0.255 e. The van der Waals surface area contributed by atoms with Crippen LogP contribution in [0.25, 0.3) is 0 Å². The van der Waals surface area contributed by atoms with Gasteiger partial charge in [-0.25, -0.2) is 0 Å². The molecule has 0 fully saturated rings. The number of halogens is 1. The molecule has 1 unspecified atom stereocenters. The van der Waals surface area contributed by atoms with Gasteiger partial charge in [-0.2, -0.15) is 5.26 Å². The molecule has 0 heterocycles. The van der Waals surface area contributed by atoms with Crippen molar-refractivity contribution >= 4 is 17.5 Å². The molecule has 0 bridgehead atoms. The summed E-state index contributed by atoms with van der Waals surface area (Å²) in [7, 11) is 1.33. The molecule has 1 rings (SSSR count). The van der Waals surface area contributed by atoms with Crippen molar-refractivity contribution in [3.8, 4) is 6.07 Å². The number of hydrogen-bond acceptors (Lipinski definition) is 3. The molecule has 0 aliphatic rings. The highest BCUT2D eigenvalue weighted by atomic mass is 35.5. The number of amides is 1. The summed E-state index contributed by atoms with van der Waals surface area (Å²) in [6.45, 7) is 0. The summed E-state index contributed by atoms with van der Waals surface area (Å²) in [4.78, 5) is 11.6. The second-order valence-corrected chi connectivity index (χ2v) is 3.11. The highest BCUT2D eigenvalue weighted by molar-refractivity contribution is 6.33. The van der Waals surface area contributed by atoms with Gasteiger partial charge in [-0.05, 0) is 12.1 Å². The van der Waals surface area contributed by atoms with Crippen LogP contribution in [0.1, 0.15) is 10.4 Å². The lowest BCUT2D eigenvalue weighted by Gasteiger charge is -2.09. The van der Waals surface area contributed by atoms with Crippen molar-refractivity contribution in [1.82, 2.24) is 5.32 Å². The van der Waals surface area contributed by atoms with E-state index in [0.29, 0.717) is 10.6 Å². The average molecular weight is 225 g/mol. The van der Waals surface area contributed by atoms with Crippen molar-refractivity contribution in [3.63, 3.8) is 0 Å². The maximum absolute atomic E-state index is 11.6. The number of methoxy groups -OCH3 is 1. The normalized spacial score (nSPS) is 11.5. The topological polar surface area (TPSA) is 62.1 Å². The van der Waals surface area contributed by atoms with E-state index in [1.807, 2.05) is 0 Å². The minimum Gasteiger partial charge on any atom is -0.349 e. The van der Waals surface area contributed by atoms with Gasteiger partial charge in [0.2, 0.25) is 6.23 Å². The Hall–Kier alpha value is -1.57. The molecular formula is C10H9ClN2O2. The van der Waals surface area contributed by atoms with Crippen LogP contribution in [0.15, 0.2) is 24.3 Å². The van der Waals surface area contributed by atoms with Crippen molar-refractivity contribution < 1.29 is 9.53 Å². The summed E-state index contributed by atoms with van der Waals surface area (Å²) in [6, 6.07) is 8.36. The quantitative estimate of drug-likeness (QED) is 0.793. The summed E-state index contributed by atoms with van der Waals surface area (Å²) >= 11 is 5.80. The van der Waals surface area contributed by atoms with Crippen LogP contribution in [0.3, 0.4) is 0 Å². The molecule has 0 spiro atoms. The molecular weight excluding hydrogens is 216 g/mol. The summed E-state index contributed by atoms with van der Waals surface area (Å²) in [5, 5.41) is 11.3. The van der Waals surface area contributed by atoms with Crippen LogP contribution in [-0.2, 0) is 4.74 Å². The molecule has 1 aromatic rings. The number of carbonyl (C=O) groups is 1. The first-order chi connectivity index (χ1) is 7.19. The first-order valence-corrected chi connectivity index (χ1v) is 4.54. The van der Waals surface area contributed by atoms with Crippen LogP contribution in [0.5, 0.6) is 0 Å². The van der Waals surface area contributed by atoms with E-state index in [0.717, 1.165) is 0 Å². The number of benzene rings is 1. The minimum absolute atomic E-state index is 0.316.